The zero-order valence-electron chi connectivity index (χ0n) is 14.6. The number of nitriles is 2. The van der Waals surface area contributed by atoms with Crippen molar-refractivity contribution in [1.82, 2.24) is 0 Å². The molecule has 1 unspecified atom stereocenters. The molecule has 3 aromatic carbocycles. The molecule has 0 aliphatic heterocycles. The van der Waals surface area contributed by atoms with Gasteiger partial charge in [-0.05, 0) is 30.3 Å². The predicted molar refractivity (Wildman–Crippen MR) is 110 cm³/mol. The molecule has 0 spiro atoms. The van der Waals surface area contributed by atoms with E-state index in [2.05, 4.69) is 15.5 Å². The highest BCUT2D eigenvalue weighted by molar-refractivity contribution is 7.79. The van der Waals surface area contributed by atoms with Crippen molar-refractivity contribution in [3.63, 3.8) is 0 Å². The number of hydrogen-bond donors (Lipinski definition) is 3. The third kappa shape index (κ3) is 4.33. The first kappa shape index (κ1) is 20.2. The van der Waals surface area contributed by atoms with E-state index in [1.54, 1.807) is 18.2 Å². The normalized spacial score (nSPS) is 11.9. The molecule has 0 aliphatic rings. The first-order valence-corrected chi connectivity index (χ1v) is 9.71. The van der Waals surface area contributed by atoms with Crippen molar-refractivity contribution in [3.05, 3.63) is 58.6 Å². The Hall–Kier alpha value is -3.50. The molecule has 0 heterocycles. The summed E-state index contributed by atoms with van der Waals surface area (Å²) in [4.78, 5) is 0. The van der Waals surface area contributed by atoms with Gasteiger partial charge < -0.3 is 15.0 Å². The van der Waals surface area contributed by atoms with Crippen LogP contribution in [-0.2, 0) is 11.1 Å². The van der Waals surface area contributed by atoms with Crippen LogP contribution in [-0.4, -0.2) is 19.7 Å². The van der Waals surface area contributed by atoms with E-state index in [4.69, 9.17) is 26.7 Å². The van der Waals surface area contributed by atoms with Crippen molar-refractivity contribution >= 4 is 50.5 Å². The number of benzene rings is 3. The van der Waals surface area contributed by atoms with Gasteiger partial charge in [0.2, 0.25) is 0 Å². The van der Waals surface area contributed by atoms with Crippen LogP contribution in [0.5, 0.6) is 5.75 Å². The van der Waals surface area contributed by atoms with Gasteiger partial charge in [0.05, 0.1) is 21.8 Å². The Morgan fingerprint density at radius 1 is 1.07 bits per heavy atom. The van der Waals surface area contributed by atoms with Crippen molar-refractivity contribution < 1.29 is 13.9 Å². The quantitative estimate of drug-likeness (QED) is 0.390. The lowest BCUT2D eigenvalue weighted by atomic mass is 10.1. The van der Waals surface area contributed by atoms with Crippen LogP contribution in [0.2, 0.25) is 5.02 Å². The molecule has 3 aromatic rings. The van der Waals surface area contributed by atoms with Gasteiger partial charge in [0.1, 0.15) is 29.5 Å². The monoisotopic (exact) mass is 425 g/mol. The van der Waals surface area contributed by atoms with Gasteiger partial charge in [-0.2, -0.15) is 10.5 Å². The van der Waals surface area contributed by atoms with Gasteiger partial charge >= 0.3 is 0 Å². The molecular formula is C19H12ClN5O3S. The number of rotatable bonds is 5. The molecule has 3 rings (SSSR count). The van der Waals surface area contributed by atoms with Crippen LogP contribution in [0.4, 0.5) is 17.1 Å². The second-order valence-corrected chi connectivity index (χ2v) is 7.09. The Morgan fingerprint density at radius 3 is 2.45 bits per heavy atom. The minimum Gasteiger partial charge on any atom is -0.507 e. The van der Waals surface area contributed by atoms with E-state index in [1.807, 2.05) is 12.1 Å². The van der Waals surface area contributed by atoms with Crippen LogP contribution >= 0.6 is 11.6 Å². The van der Waals surface area contributed by atoms with Crippen molar-refractivity contribution in [2.75, 3.05) is 11.2 Å². The Balaban J connectivity index is 2.11. The van der Waals surface area contributed by atoms with E-state index in [1.165, 1.54) is 24.3 Å². The van der Waals surface area contributed by atoms with E-state index in [9.17, 15) is 9.32 Å². The molecular weight excluding hydrogens is 414 g/mol. The molecule has 0 amide bonds. The topological polar surface area (TPSA) is 142 Å². The number of halogens is 1. The van der Waals surface area contributed by atoms with Gasteiger partial charge in [-0.3, -0.25) is 0 Å². The number of hydrogen-bond acceptors (Lipinski definition) is 7. The summed E-state index contributed by atoms with van der Waals surface area (Å²) in [6.45, 7) is 0. The van der Waals surface area contributed by atoms with Crippen LogP contribution in [0.25, 0.3) is 10.8 Å². The summed E-state index contributed by atoms with van der Waals surface area (Å²) in [6.07, 6.45) is 0. The molecule has 0 aliphatic carbocycles. The van der Waals surface area contributed by atoms with Crippen LogP contribution in [0, 0.1) is 22.7 Å². The highest BCUT2D eigenvalue weighted by atomic mass is 35.5. The molecule has 0 saturated heterocycles. The van der Waals surface area contributed by atoms with E-state index in [-0.39, 0.29) is 33.5 Å². The second kappa shape index (κ2) is 8.67. The van der Waals surface area contributed by atoms with Crippen molar-refractivity contribution in [2.45, 2.75) is 0 Å². The predicted octanol–water partition coefficient (Wildman–Crippen LogP) is 4.95. The Morgan fingerprint density at radius 2 is 1.76 bits per heavy atom. The van der Waals surface area contributed by atoms with Gasteiger partial charge in [0, 0.05) is 16.5 Å². The van der Waals surface area contributed by atoms with Gasteiger partial charge in [-0.1, -0.05) is 23.7 Å². The van der Waals surface area contributed by atoms with Gasteiger partial charge in [0.25, 0.3) is 0 Å². The average Bonchev–Trinajstić information content (AvgIpc) is 2.72. The van der Waals surface area contributed by atoms with E-state index < -0.39 is 11.1 Å². The number of phenolic OH excluding ortho intramolecular Hbond substituents is 1. The maximum Gasteiger partial charge on any atom is 0.172 e. The Kier molecular flexibility index (Phi) is 6.05. The van der Waals surface area contributed by atoms with Gasteiger partial charge in [-0.25, -0.2) is 4.21 Å². The standard InChI is InChI=1S/C19H12ClN5O3S/c20-14-6-11(8-21)12(9-22)7-17(14)25-24-16-4-5-18(26)13-2-1-3-15(19(13)16)23-10-29(27)28/h1-7,23,26H,10H2,(H,27,28)/b25-24+. The lowest BCUT2D eigenvalue weighted by Gasteiger charge is -2.11. The van der Waals surface area contributed by atoms with Crippen LogP contribution < -0.4 is 5.32 Å². The summed E-state index contributed by atoms with van der Waals surface area (Å²) >= 11 is 4.07. The number of azo groups is 1. The lowest BCUT2D eigenvalue weighted by molar-refractivity contribution is 0.481. The highest BCUT2D eigenvalue weighted by Crippen LogP contribution is 2.39. The maximum atomic E-state index is 11.0. The number of nitrogens with one attached hydrogen (secondary N) is 1. The SMILES string of the molecule is N#Cc1cc(Cl)c(/N=N/c2ccc(O)c3cccc(NCS(=O)O)c23)cc1C#N. The minimum absolute atomic E-state index is 0.0101. The van der Waals surface area contributed by atoms with Crippen molar-refractivity contribution in [1.29, 1.82) is 10.5 Å². The summed E-state index contributed by atoms with van der Waals surface area (Å²) in [5.41, 5.74) is 1.30. The van der Waals surface area contributed by atoms with Crippen LogP contribution in [0.15, 0.2) is 52.7 Å². The zero-order valence-corrected chi connectivity index (χ0v) is 16.2. The largest absolute Gasteiger partial charge is 0.507 e. The molecule has 0 radical (unpaired) electrons. The molecule has 144 valence electrons. The van der Waals surface area contributed by atoms with E-state index >= 15 is 0 Å². The number of nitrogens with zero attached hydrogens (tertiary/aromatic N) is 4. The molecule has 3 N–H and O–H groups in total. The molecule has 0 saturated carbocycles. The number of anilines is 1. The number of fused-ring (bicyclic) bond motifs is 1. The third-order valence-electron chi connectivity index (χ3n) is 3.98. The van der Waals surface area contributed by atoms with Gasteiger partial charge in [0.15, 0.2) is 11.1 Å². The third-order valence-corrected chi connectivity index (χ3v) is 4.67. The maximum absolute atomic E-state index is 11.0. The lowest BCUT2D eigenvalue weighted by Crippen LogP contribution is -2.07. The second-order valence-electron chi connectivity index (χ2n) is 5.75. The molecule has 1 atom stereocenters. The summed E-state index contributed by atoms with van der Waals surface area (Å²) in [7, 11) is 0. The molecule has 10 heteroatoms. The fraction of sp³-hybridized carbons (Fsp3) is 0.0526. The minimum atomic E-state index is -2.07. The first-order chi connectivity index (χ1) is 13.9. The summed E-state index contributed by atoms with van der Waals surface area (Å²) in [5.74, 6) is -0.200. The summed E-state index contributed by atoms with van der Waals surface area (Å²) in [6, 6.07) is 14.5. The molecule has 8 nitrogen and oxygen atoms in total. The fourth-order valence-electron chi connectivity index (χ4n) is 2.67. The van der Waals surface area contributed by atoms with Crippen LogP contribution in [0.3, 0.4) is 0 Å². The number of phenols is 1. The molecule has 0 fully saturated rings. The van der Waals surface area contributed by atoms with E-state index in [0.29, 0.717) is 22.1 Å². The van der Waals surface area contributed by atoms with Crippen molar-refractivity contribution in [2.24, 2.45) is 10.2 Å². The summed E-state index contributed by atoms with van der Waals surface area (Å²) in [5, 5.41) is 40.6. The van der Waals surface area contributed by atoms with Crippen LogP contribution in [0.1, 0.15) is 11.1 Å². The van der Waals surface area contributed by atoms with Crippen molar-refractivity contribution in [3.8, 4) is 17.9 Å². The first-order valence-electron chi connectivity index (χ1n) is 8.06. The Bertz CT molecular complexity index is 1250. The molecule has 0 bridgehead atoms. The molecule has 29 heavy (non-hydrogen) atoms. The average molecular weight is 426 g/mol. The zero-order chi connectivity index (χ0) is 21.0. The molecule has 0 aromatic heterocycles. The van der Waals surface area contributed by atoms with E-state index in [0.717, 1.165) is 0 Å². The van der Waals surface area contributed by atoms with Gasteiger partial charge in [-0.15, -0.1) is 10.2 Å². The smallest absolute Gasteiger partial charge is 0.172 e. The summed E-state index contributed by atoms with van der Waals surface area (Å²) < 4.78 is 20.1. The highest BCUT2D eigenvalue weighted by Gasteiger charge is 2.12. The fourth-order valence-corrected chi connectivity index (χ4v) is 3.15. The Labute approximate surface area is 173 Å². The number of aromatic hydroxyl groups is 1.